The van der Waals surface area contributed by atoms with Gasteiger partial charge in [-0.25, -0.2) is 9.18 Å². The molecule has 1 fully saturated rings. The van der Waals surface area contributed by atoms with Crippen LogP contribution in [0.25, 0.3) is 0 Å². The standard InChI is InChI=1S/C42H48Cl2FN3O6S/c1-47(40(49)46-25-30-10-6-8-13-36(30)45)41(32-14-15-34(43)35(44)24-32,28-54-26-29-22-37(51-2)39(53-4)38(23-29)52-3)16-9-19-48-20-17-42(18-21-48)33-12-7-5-11-31(33)27-55(42)50/h5-8,10-15,22-24H,9,16-21,25-28H2,1-4H3,(H,46,49)/t41-,55?/m1/s1. The average Bonchev–Trinajstić information content (AvgIpc) is 3.47. The topological polar surface area (TPSA) is 95.6 Å². The molecule has 2 aliphatic heterocycles. The van der Waals surface area contributed by atoms with Crippen LogP contribution in [0.15, 0.2) is 78.9 Å². The van der Waals surface area contributed by atoms with E-state index in [-0.39, 0.29) is 24.5 Å². The summed E-state index contributed by atoms with van der Waals surface area (Å²) in [6.45, 7) is 2.64. The molecule has 0 bridgehead atoms. The van der Waals surface area contributed by atoms with E-state index in [0.29, 0.717) is 51.5 Å². The van der Waals surface area contributed by atoms with Crippen molar-refractivity contribution in [2.45, 2.75) is 54.9 Å². The number of fused-ring (bicyclic) bond motifs is 2. The summed E-state index contributed by atoms with van der Waals surface area (Å²) in [6.07, 6.45) is 2.85. The predicted molar refractivity (Wildman–Crippen MR) is 215 cm³/mol. The molecule has 13 heteroatoms. The first-order valence-electron chi connectivity index (χ1n) is 18.3. The minimum Gasteiger partial charge on any atom is -0.615 e. The van der Waals surface area contributed by atoms with Gasteiger partial charge >= 0.3 is 6.03 Å². The third kappa shape index (κ3) is 8.67. The molecule has 1 N–H and O–H groups in total. The number of rotatable bonds is 15. The highest BCUT2D eigenvalue weighted by atomic mass is 35.5. The number of piperidine rings is 1. The molecular formula is C42H48Cl2FN3O6S. The Balaban J connectivity index is 1.25. The van der Waals surface area contributed by atoms with Crippen molar-refractivity contribution >= 4 is 40.4 Å². The van der Waals surface area contributed by atoms with Crippen LogP contribution >= 0.6 is 23.2 Å². The van der Waals surface area contributed by atoms with Crippen molar-refractivity contribution in [1.82, 2.24) is 15.1 Å². The van der Waals surface area contributed by atoms with Gasteiger partial charge in [-0.3, -0.25) is 0 Å². The summed E-state index contributed by atoms with van der Waals surface area (Å²) >= 11 is 12.1. The lowest BCUT2D eigenvalue weighted by atomic mass is 9.83. The molecule has 0 saturated carbocycles. The van der Waals surface area contributed by atoms with Crippen LogP contribution in [0.5, 0.6) is 17.2 Å². The monoisotopic (exact) mass is 811 g/mol. The Labute approximate surface area is 336 Å². The molecule has 0 aromatic heterocycles. The average molecular weight is 813 g/mol. The number of ether oxygens (including phenoxy) is 4. The molecule has 0 aliphatic carbocycles. The third-order valence-corrected chi connectivity index (χ3v) is 13.9. The number of methoxy groups -OCH3 is 3. The van der Waals surface area contributed by atoms with E-state index >= 15 is 0 Å². The number of amides is 2. The molecule has 2 atom stereocenters. The van der Waals surface area contributed by atoms with Crippen LogP contribution in [0.1, 0.15) is 53.5 Å². The highest BCUT2D eigenvalue weighted by Gasteiger charge is 2.52. The number of carbonyl (C=O) groups is 1. The lowest BCUT2D eigenvalue weighted by Crippen LogP contribution is -2.54. The van der Waals surface area contributed by atoms with Gasteiger partial charge < -0.3 is 38.6 Å². The Kier molecular flexibility index (Phi) is 13.4. The van der Waals surface area contributed by atoms with Crippen molar-refractivity contribution in [2.75, 3.05) is 54.6 Å². The summed E-state index contributed by atoms with van der Waals surface area (Å²) in [5.41, 5.74) is 3.29. The molecule has 1 unspecified atom stereocenters. The Morgan fingerprint density at radius 3 is 2.33 bits per heavy atom. The Hall–Kier alpha value is -3.71. The number of nitrogens with zero attached hydrogens (tertiary/aromatic N) is 2. The Morgan fingerprint density at radius 1 is 0.964 bits per heavy atom. The van der Waals surface area contributed by atoms with Crippen molar-refractivity contribution in [3.05, 3.63) is 123 Å². The van der Waals surface area contributed by atoms with E-state index in [1.54, 1.807) is 63.6 Å². The molecule has 4 aromatic rings. The molecule has 4 aromatic carbocycles. The number of likely N-dealkylation sites (N-methyl/N-ethyl adjacent to an activating group) is 1. The van der Waals surface area contributed by atoms with Crippen molar-refractivity contribution in [1.29, 1.82) is 0 Å². The van der Waals surface area contributed by atoms with E-state index in [1.807, 2.05) is 30.3 Å². The third-order valence-electron chi connectivity index (χ3n) is 11.1. The van der Waals surface area contributed by atoms with Crippen LogP contribution in [-0.2, 0) is 45.1 Å². The number of nitrogens with one attached hydrogen (secondary N) is 1. The van der Waals surface area contributed by atoms with Gasteiger partial charge in [-0.15, -0.1) is 0 Å². The fourth-order valence-electron chi connectivity index (χ4n) is 7.95. The van der Waals surface area contributed by atoms with Crippen LogP contribution in [0, 0.1) is 5.82 Å². The van der Waals surface area contributed by atoms with Crippen LogP contribution in [-0.4, -0.2) is 75.0 Å². The van der Waals surface area contributed by atoms with Gasteiger partial charge in [0.05, 0.1) is 50.1 Å². The molecule has 9 nitrogen and oxygen atoms in total. The van der Waals surface area contributed by atoms with Gasteiger partial charge in [0.15, 0.2) is 16.2 Å². The van der Waals surface area contributed by atoms with Gasteiger partial charge in [0, 0.05) is 56.2 Å². The number of hydrogen-bond acceptors (Lipinski definition) is 7. The van der Waals surface area contributed by atoms with Crippen LogP contribution < -0.4 is 19.5 Å². The van der Waals surface area contributed by atoms with Crippen molar-refractivity contribution in [3.63, 3.8) is 0 Å². The zero-order valence-electron chi connectivity index (χ0n) is 31.7. The minimum atomic E-state index is -1.03. The Morgan fingerprint density at radius 2 is 1.65 bits per heavy atom. The molecule has 1 saturated heterocycles. The second kappa shape index (κ2) is 18.0. The quantitative estimate of drug-likeness (QED) is 0.121. The normalized spacial score (nSPS) is 17.3. The fraction of sp³-hybridized carbons (Fsp3) is 0.405. The van der Waals surface area contributed by atoms with Crippen molar-refractivity contribution < 1.29 is 32.7 Å². The Bertz CT molecular complexity index is 1940. The summed E-state index contributed by atoms with van der Waals surface area (Å²) in [6, 6.07) is 23.3. The van der Waals surface area contributed by atoms with Crippen LogP contribution in [0.3, 0.4) is 0 Å². The van der Waals surface area contributed by atoms with Gasteiger partial charge in [-0.2, -0.15) is 0 Å². The van der Waals surface area contributed by atoms with Gasteiger partial charge in [-0.05, 0) is 72.0 Å². The lowest BCUT2D eigenvalue weighted by molar-refractivity contribution is 0.00242. The largest absolute Gasteiger partial charge is 0.615 e. The maximum absolute atomic E-state index is 14.6. The molecule has 0 radical (unpaired) electrons. The molecule has 2 heterocycles. The summed E-state index contributed by atoms with van der Waals surface area (Å²) in [5.74, 6) is 1.67. The van der Waals surface area contributed by atoms with Crippen LogP contribution in [0.4, 0.5) is 9.18 Å². The smallest absolute Gasteiger partial charge is 0.318 e. The zero-order chi connectivity index (χ0) is 39.2. The van der Waals surface area contributed by atoms with Gasteiger partial charge in [0.2, 0.25) is 5.75 Å². The van der Waals surface area contributed by atoms with E-state index in [0.717, 1.165) is 43.6 Å². The molecule has 2 amide bonds. The first-order chi connectivity index (χ1) is 26.5. The minimum absolute atomic E-state index is 0.000374. The van der Waals surface area contributed by atoms with E-state index in [9.17, 15) is 13.7 Å². The molecule has 1 spiro atoms. The van der Waals surface area contributed by atoms with Gasteiger partial charge in [0.25, 0.3) is 0 Å². The molecular weight excluding hydrogens is 764 g/mol. The maximum atomic E-state index is 14.6. The van der Waals surface area contributed by atoms with Crippen molar-refractivity contribution in [2.24, 2.45) is 0 Å². The molecule has 2 aliphatic rings. The summed E-state index contributed by atoms with van der Waals surface area (Å²) < 4.78 is 50.9. The summed E-state index contributed by atoms with van der Waals surface area (Å²) in [5, 5.41) is 3.65. The number of carbonyl (C=O) groups excluding carboxylic acids is 1. The molecule has 294 valence electrons. The molecule has 6 rings (SSSR count). The van der Waals surface area contributed by atoms with Crippen molar-refractivity contribution in [3.8, 4) is 17.2 Å². The lowest BCUT2D eigenvalue weighted by Gasteiger charge is -2.43. The molecule has 55 heavy (non-hydrogen) atoms. The van der Waals surface area contributed by atoms with Gasteiger partial charge in [0.1, 0.15) is 11.6 Å². The van der Waals surface area contributed by atoms with E-state index in [1.165, 1.54) is 17.2 Å². The number of benzene rings is 4. The summed E-state index contributed by atoms with van der Waals surface area (Å²) in [7, 11) is 6.38. The fourth-order valence-corrected chi connectivity index (χ4v) is 10.1. The van der Waals surface area contributed by atoms with E-state index in [4.69, 9.17) is 42.1 Å². The van der Waals surface area contributed by atoms with Crippen LogP contribution in [0.2, 0.25) is 10.0 Å². The first kappa shape index (κ1) is 40.9. The second-order valence-electron chi connectivity index (χ2n) is 14.1. The number of halogens is 3. The number of likely N-dealkylation sites (tertiary alicyclic amines) is 1. The zero-order valence-corrected chi connectivity index (χ0v) is 34.0. The SMILES string of the molecule is COc1cc(COC[C@](CCCN2CCC3(CC2)c2ccccc2C[S+]3[O-])(c2ccc(Cl)c(Cl)c2)N(C)C(=O)NCc2ccccc2F)cc(OC)c1OC. The summed E-state index contributed by atoms with van der Waals surface area (Å²) in [4.78, 5) is 18.1. The highest BCUT2D eigenvalue weighted by molar-refractivity contribution is 7.92. The van der Waals surface area contributed by atoms with E-state index < -0.39 is 28.6 Å². The second-order valence-corrected chi connectivity index (χ2v) is 16.7. The highest BCUT2D eigenvalue weighted by Crippen LogP contribution is 2.49. The predicted octanol–water partition coefficient (Wildman–Crippen LogP) is 8.45. The first-order valence-corrected chi connectivity index (χ1v) is 20.4. The van der Waals surface area contributed by atoms with Gasteiger partial charge in [-0.1, -0.05) is 71.7 Å². The number of urea groups is 1. The van der Waals surface area contributed by atoms with E-state index in [2.05, 4.69) is 22.3 Å². The maximum Gasteiger partial charge on any atom is 0.318 e. The number of hydrogen-bond donors (Lipinski definition) is 1.